The SMILES string of the molecule is COc1cc(NC(=O)N2CC(c3nnc(C(C)C)o3)C3(CCOCC3)C2)cc(OC)c1. The van der Waals surface area contributed by atoms with Crippen molar-refractivity contribution < 1.29 is 23.4 Å². The quantitative estimate of drug-likeness (QED) is 0.773. The predicted molar refractivity (Wildman–Crippen MR) is 114 cm³/mol. The van der Waals surface area contributed by atoms with Crippen LogP contribution in [0, 0.1) is 5.41 Å². The third kappa shape index (κ3) is 4.32. The lowest BCUT2D eigenvalue weighted by molar-refractivity contribution is 0.0101. The average molecular weight is 431 g/mol. The van der Waals surface area contributed by atoms with Gasteiger partial charge in [0.05, 0.1) is 20.1 Å². The Hall–Kier alpha value is -2.81. The van der Waals surface area contributed by atoms with Crippen molar-refractivity contribution in [3.8, 4) is 11.5 Å². The van der Waals surface area contributed by atoms with E-state index >= 15 is 0 Å². The summed E-state index contributed by atoms with van der Waals surface area (Å²) in [5.41, 5.74) is 0.494. The Morgan fingerprint density at radius 3 is 2.42 bits per heavy atom. The van der Waals surface area contributed by atoms with Gasteiger partial charge >= 0.3 is 6.03 Å². The summed E-state index contributed by atoms with van der Waals surface area (Å²) in [6, 6.07) is 5.13. The van der Waals surface area contributed by atoms with Crippen molar-refractivity contribution in [2.45, 2.75) is 38.5 Å². The number of methoxy groups -OCH3 is 2. The molecule has 0 aliphatic carbocycles. The molecule has 1 atom stereocenters. The summed E-state index contributed by atoms with van der Waals surface area (Å²) in [5, 5.41) is 11.5. The van der Waals surface area contributed by atoms with Crippen LogP contribution in [0.2, 0.25) is 0 Å². The van der Waals surface area contributed by atoms with Crippen LogP contribution in [-0.4, -0.2) is 61.7 Å². The van der Waals surface area contributed by atoms with Crippen LogP contribution in [0.15, 0.2) is 22.6 Å². The number of carbonyl (C=O) groups excluding carboxylic acids is 1. The molecule has 31 heavy (non-hydrogen) atoms. The van der Waals surface area contributed by atoms with E-state index in [1.807, 2.05) is 18.7 Å². The predicted octanol–water partition coefficient (Wildman–Crippen LogP) is 3.64. The molecule has 2 fully saturated rings. The first-order valence-corrected chi connectivity index (χ1v) is 10.6. The van der Waals surface area contributed by atoms with Crippen molar-refractivity contribution in [2.24, 2.45) is 5.41 Å². The number of benzene rings is 1. The van der Waals surface area contributed by atoms with E-state index in [1.165, 1.54) is 0 Å². The number of ether oxygens (including phenoxy) is 3. The van der Waals surface area contributed by atoms with Crippen molar-refractivity contribution in [1.29, 1.82) is 0 Å². The van der Waals surface area contributed by atoms with Crippen LogP contribution in [0.1, 0.15) is 50.3 Å². The second kappa shape index (κ2) is 8.74. The number of hydrogen-bond acceptors (Lipinski definition) is 7. The maximum absolute atomic E-state index is 13.2. The van der Waals surface area contributed by atoms with Gasteiger partial charge in [0.1, 0.15) is 11.5 Å². The molecule has 1 aromatic heterocycles. The first-order valence-electron chi connectivity index (χ1n) is 10.6. The standard InChI is InChI=1S/C22H30N4O5/c1-14(2)19-24-25-20(31-19)18-12-26(13-22(18)5-7-30-8-6-22)21(27)23-15-9-16(28-3)11-17(10-15)29-4/h9-11,14,18H,5-8,12-13H2,1-4H3,(H,23,27). The lowest BCUT2D eigenvalue weighted by Crippen LogP contribution is -2.38. The normalized spacial score (nSPS) is 20.3. The van der Waals surface area contributed by atoms with E-state index in [-0.39, 0.29) is 23.3 Å². The Morgan fingerprint density at radius 1 is 1.16 bits per heavy atom. The molecule has 9 heteroatoms. The Bertz CT molecular complexity index is 900. The fourth-order valence-corrected chi connectivity index (χ4v) is 4.45. The lowest BCUT2D eigenvalue weighted by atomic mass is 9.72. The number of carbonyl (C=O) groups is 1. The van der Waals surface area contributed by atoms with Crippen LogP contribution < -0.4 is 14.8 Å². The number of nitrogens with one attached hydrogen (secondary N) is 1. The van der Waals surface area contributed by atoms with E-state index in [0.717, 1.165) is 12.8 Å². The second-order valence-corrected chi connectivity index (χ2v) is 8.57. The van der Waals surface area contributed by atoms with Crippen LogP contribution in [0.4, 0.5) is 10.5 Å². The van der Waals surface area contributed by atoms with Gasteiger partial charge in [-0.3, -0.25) is 0 Å². The van der Waals surface area contributed by atoms with E-state index in [0.29, 0.717) is 55.3 Å². The zero-order chi connectivity index (χ0) is 22.0. The molecule has 1 spiro atoms. The molecule has 4 rings (SSSR count). The largest absolute Gasteiger partial charge is 0.497 e. The molecule has 0 saturated carbocycles. The second-order valence-electron chi connectivity index (χ2n) is 8.57. The van der Waals surface area contributed by atoms with Crippen LogP contribution in [0.25, 0.3) is 0 Å². The zero-order valence-electron chi connectivity index (χ0n) is 18.5. The highest BCUT2D eigenvalue weighted by Crippen LogP contribution is 2.49. The lowest BCUT2D eigenvalue weighted by Gasteiger charge is -2.36. The van der Waals surface area contributed by atoms with Gasteiger partial charge in [0, 0.05) is 61.5 Å². The van der Waals surface area contributed by atoms with Crippen molar-refractivity contribution in [3.63, 3.8) is 0 Å². The van der Waals surface area contributed by atoms with Gasteiger partial charge in [-0.15, -0.1) is 10.2 Å². The molecule has 0 radical (unpaired) electrons. The maximum atomic E-state index is 13.2. The third-order valence-corrected chi connectivity index (χ3v) is 6.27. The van der Waals surface area contributed by atoms with Gasteiger partial charge in [0.15, 0.2) is 0 Å². The van der Waals surface area contributed by atoms with E-state index in [9.17, 15) is 4.79 Å². The Kier molecular flexibility index (Phi) is 6.04. The molecule has 1 aromatic carbocycles. The van der Waals surface area contributed by atoms with E-state index in [1.54, 1.807) is 32.4 Å². The van der Waals surface area contributed by atoms with Crippen molar-refractivity contribution >= 4 is 11.7 Å². The molecular weight excluding hydrogens is 400 g/mol. The summed E-state index contributed by atoms with van der Waals surface area (Å²) in [6.07, 6.45) is 1.71. The third-order valence-electron chi connectivity index (χ3n) is 6.27. The van der Waals surface area contributed by atoms with Gasteiger partial charge < -0.3 is 28.8 Å². The summed E-state index contributed by atoms with van der Waals surface area (Å²) in [5.74, 6) is 2.62. The van der Waals surface area contributed by atoms with Gasteiger partial charge in [0.25, 0.3) is 0 Å². The number of hydrogen-bond donors (Lipinski definition) is 1. The summed E-state index contributed by atoms with van der Waals surface area (Å²) in [6.45, 7) is 6.53. The van der Waals surface area contributed by atoms with E-state index < -0.39 is 0 Å². The van der Waals surface area contributed by atoms with E-state index in [2.05, 4.69) is 15.5 Å². The van der Waals surface area contributed by atoms with Gasteiger partial charge in [-0.25, -0.2) is 4.79 Å². The van der Waals surface area contributed by atoms with Crippen LogP contribution in [0.5, 0.6) is 11.5 Å². The molecule has 168 valence electrons. The zero-order valence-corrected chi connectivity index (χ0v) is 18.5. The molecule has 1 N–H and O–H groups in total. The smallest absolute Gasteiger partial charge is 0.321 e. The van der Waals surface area contributed by atoms with Crippen LogP contribution in [-0.2, 0) is 4.74 Å². The minimum atomic E-state index is -0.174. The molecule has 3 heterocycles. The number of rotatable bonds is 5. The fourth-order valence-electron chi connectivity index (χ4n) is 4.45. The van der Waals surface area contributed by atoms with Crippen LogP contribution in [0.3, 0.4) is 0 Å². The van der Waals surface area contributed by atoms with Crippen molar-refractivity contribution in [1.82, 2.24) is 15.1 Å². The van der Waals surface area contributed by atoms with Gasteiger partial charge in [-0.2, -0.15) is 0 Å². The van der Waals surface area contributed by atoms with Gasteiger partial charge in [-0.1, -0.05) is 13.8 Å². The number of urea groups is 1. The minimum absolute atomic E-state index is 0.0120. The van der Waals surface area contributed by atoms with Crippen molar-refractivity contribution in [2.75, 3.05) is 45.8 Å². The fraction of sp³-hybridized carbons (Fsp3) is 0.591. The molecule has 2 aromatic rings. The molecule has 2 amide bonds. The van der Waals surface area contributed by atoms with Crippen LogP contribution >= 0.6 is 0 Å². The molecule has 1 unspecified atom stereocenters. The number of anilines is 1. The topological polar surface area (TPSA) is 99.0 Å². The molecule has 2 aliphatic rings. The van der Waals surface area contributed by atoms with Gasteiger partial charge in [-0.05, 0) is 12.8 Å². The summed E-state index contributed by atoms with van der Waals surface area (Å²) >= 11 is 0. The molecule has 2 aliphatic heterocycles. The first kappa shape index (κ1) is 21.4. The number of nitrogens with zero attached hydrogens (tertiary/aromatic N) is 3. The Labute approximate surface area is 182 Å². The molecular formula is C22H30N4O5. The first-order chi connectivity index (χ1) is 14.9. The number of aromatic nitrogens is 2. The highest BCUT2D eigenvalue weighted by Gasteiger charge is 2.51. The summed E-state index contributed by atoms with van der Waals surface area (Å²) in [4.78, 5) is 15.0. The minimum Gasteiger partial charge on any atom is -0.497 e. The molecule has 9 nitrogen and oxygen atoms in total. The molecule has 0 bridgehead atoms. The summed E-state index contributed by atoms with van der Waals surface area (Å²) in [7, 11) is 3.16. The maximum Gasteiger partial charge on any atom is 0.321 e. The molecule has 2 saturated heterocycles. The Balaban J connectivity index is 1.56. The highest BCUT2D eigenvalue weighted by atomic mass is 16.5. The van der Waals surface area contributed by atoms with Crippen molar-refractivity contribution in [3.05, 3.63) is 30.0 Å². The van der Waals surface area contributed by atoms with E-state index in [4.69, 9.17) is 18.6 Å². The monoisotopic (exact) mass is 430 g/mol. The average Bonchev–Trinajstić information content (AvgIpc) is 3.39. The number of likely N-dealkylation sites (tertiary alicyclic amines) is 1. The highest BCUT2D eigenvalue weighted by molar-refractivity contribution is 5.90. The number of amides is 2. The summed E-state index contributed by atoms with van der Waals surface area (Å²) < 4.78 is 22.2. The Morgan fingerprint density at radius 2 is 1.84 bits per heavy atom. The van der Waals surface area contributed by atoms with Gasteiger partial charge in [0.2, 0.25) is 11.8 Å².